The van der Waals surface area contributed by atoms with Crippen molar-refractivity contribution in [1.29, 1.82) is 0 Å². The molecule has 3 aromatic rings. The van der Waals surface area contributed by atoms with E-state index in [2.05, 4.69) is 15.0 Å². The third-order valence-corrected chi connectivity index (χ3v) is 5.87. The van der Waals surface area contributed by atoms with Gasteiger partial charge in [-0.25, -0.2) is 23.4 Å². The second-order valence-electron chi connectivity index (χ2n) is 6.98. The van der Waals surface area contributed by atoms with Crippen molar-refractivity contribution >= 4 is 56.1 Å². The number of rotatable bonds is 9. The number of benzene rings is 1. The number of ether oxygens (including phenoxy) is 1. The highest BCUT2D eigenvalue weighted by molar-refractivity contribution is 7.89. The Bertz CT molecular complexity index is 1250. The Morgan fingerprint density at radius 3 is 2.75 bits per heavy atom. The SMILES string of the molecule is CS(=O)(=O)NC(=O)[C@H](N)CCCOc1ccc(Cl)c(Cl)c1Cn1cnc2c(N)ncnc21. The quantitative estimate of drug-likeness (QED) is 0.366. The number of amides is 1. The monoisotopic (exact) mass is 501 g/mol. The standard InChI is InChI=1S/C18H21Cl2N7O4S/c1-32(29,30)26-18(28)12(21)3-2-6-31-13-5-4-11(19)14(20)10(13)7-27-9-25-15-16(22)23-8-24-17(15)27/h4-5,8-9,12H,2-3,6-7,21H2,1H3,(H,26,28)(H2,22,23,24)/t12-/m1/s1. The number of nitrogens with one attached hydrogen (secondary N) is 1. The van der Waals surface area contributed by atoms with Gasteiger partial charge in [-0.15, -0.1) is 0 Å². The van der Waals surface area contributed by atoms with Crippen LogP contribution in [0.5, 0.6) is 5.75 Å². The predicted octanol–water partition coefficient (Wildman–Crippen LogP) is 1.33. The minimum absolute atomic E-state index is 0.213. The summed E-state index contributed by atoms with van der Waals surface area (Å²) in [4.78, 5) is 24.1. The maximum atomic E-state index is 11.8. The summed E-state index contributed by atoms with van der Waals surface area (Å²) in [7, 11) is -3.66. The summed E-state index contributed by atoms with van der Waals surface area (Å²) in [6, 6.07) is 2.31. The number of hydrogen-bond donors (Lipinski definition) is 3. The number of halogens is 2. The van der Waals surface area contributed by atoms with E-state index in [1.165, 1.54) is 6.33 Å². The van der Waals surface area contributed by atoms with E-state index in [0.29, 0.717) is 38.9 Å². The molecule has 14 heteroatoms. The van der Waals surface area contributed by atoms with E-state index in [1.807, 2.05) is 4.72 Å². The van der Waals surface area contributed by atoms with Crippen LogP contribution < -0.4 is 20.9 Å². The van der Waals surface area contributed by atoms with Gasteiger partial charge in [-0.05, 0) is 25.0 Å². The largest absolute Gasteiger partial charge is 0.493 e. The van der Waals surface area contributed by atoms with E-state index in [1.54, 1.807) is 23.0 Å². The van der Waals surface area contributed by atoms with Gasteiger partial charge in [0, 0.05) is 5.56 Å². The van der Waals surface area contributed by atoms with Crippen LogP contribution >= 0.6 is 23.2 Å². The van der Waals surface area contributed by atoms with Crippen molar-refractivity contribution in [2.75, 3.05) is 18.6 Å². The number of nitrogens with two attached hydrogens (primary N) is 2. The zero-order valence-electron chi connectivity index (χ0n) is 17.0. The molecule has 11 nitrogen and oxygen atoms in total. The molecule has 0 saturated heterocycles. The number of imidazole rings is 1. The summed E-state index contributed by atoms with van der Waals surface area (Å²) in [5.74, 6) is -0.0212. The fraction of sp³-hybridized carbons (Fsp3) is 0.333. The molecule has 5 N–H and O–H groups in total. The molecule has 1 amide bonds. The first-order valence-corrected chi connectivity index (χ1v) is 12.0. The van der Waals surface area contributed by atoms with Crippen molar-refractivity contribution in [3.8, 4) is 5.75 Å². The number of nitrogens with zero attached hydrogens (tertiary/aromatic N) is 4. The maximum absolute atomic E-state index is 11.8. The molecule has 0 saturated carbocycles. The molecule has 1 aromatic carbocycles. The minimum Gasteiger partial charge on any atom is -0.493 e. The fourth-order valence-electron chi connectivity index (χ4n) is 2.92. The van der Waals surface area contributed by atoms with Gasteiger partial charge in [0.25, 0.3) is 0 Å². The normalized spacial score (nSPS) is 12.6. The Hall–Kier alpha value is -2.67. The number of carbonyl (C=O) groups excluding carboxylic acids is 1. The van der Waals surface area contributed by atoms with Gasteiger partial charge in [0.1, 0.15) is 17.6 Å². The van der Waals surface area contributed by atoms with Crippen molar-refractivity contribution in [3.05, 3.63) is 40.4 Å². The Morgan fingerprint density at radius 2 is 2.03 bits per heavy atom. The second-order valence-corrected chi connectivity index (χ2v) is 9.51. The van der Waals surface area contributed by atoms with E-state index in [4.69, 9.17) is 39.4 Å². The van der Waals surface area contributed by atoms with Crippen LogP contribution in [0.2, 0.25) is 10.0 Å². The van der Waals surface area contributed by atoms with Gasteiger partial charge in [0.2, 0.25) is 15.9 Å². The van der Waals surface area contributed by atoms with Crippen molar-refractivity contribution < 1.29 is 17.9 Å². The van der Waals surface area contributed by atoms with Gasteiger partial charge in [-0.1, -0.05) is 23.2 Å². The number of sulfonamides is 1. The summed E-state index contributed by atoms with van der Waals surface area (Å²) in [5, 5.41) is 0.671. The molecule has 1 atom stereocenters. The number of fused-ring (bicyclic) bond motifs is 1. The van der Waals surface area contributed by atoms with Crippen LogP contribution in [0.3, 0.4) is 0 Å². The van der Waals surface area contributed by atoms with Crippen LogP contribution in [0.1, 0.15) is 18.4 Å². The highest BCUT2D eigenvalue weighted by Gasteiger charge is 2.18. The third kappa shape index (κ3) is 5.76. The van der Waals surface area contributed by atoms with Gasteiger partial charge in [-0.3, -0.25) is 9.52 Å². The molecule has 2 heterocycles. The van der Waals surface area contributed by atoms with Crippen molar-refractivity contribution in [1.82, 2.24) is 24.2 Å². The van der Waals surface area contributed by atoms with Crippen LogP contribution in [0.15, 0.2) is 24.8 Å². The molecule has 2 aromatic heterocycles. The lowest BCUT2D eigenvalue weighted by atomic mass is 10.1. The van der Waals surface area contributed by atoms with Gasteiger partial charge < -0.3 is 20.8 Å². The van der Waals surface area contributed by atoms with Crippen LogP contribution in [0.4, 0.5) is 5.82 Å². The first-order chi connectivity index (χ1) is 15.1. The molecule has 0 unspecified atom stereocenters. The highest BCUT2D eigenvalue weighted by atomic mass is 35.5. The van der Waals surface area contributed by atoms with Crippen molar-refractivity contribution in [2.24, 2.45) is 5.73 Å². The number of anilines is 1. The van der Waals surface area contributed by atoms with Gasteiger partial charge in [-0.2, -0.15) is 0 Å². The predicted molar refractivity (Wildman–Crippen MR) is 121 cm³/mol. The molecule has 32 heavy (non-hydrogen) atoms. The highest BCUT2D eigenvalue weighted by Crippen LogP contribution is 2.34. The molecule has 0 spiro atoms. The van der Waals surface area contributed by atoms with Crippen LogP contribution in [-0.4, -0.2) is 52.7 Å². The minimum atomic E-state index is -3.66. The first-order valence-electron chi connectivity index (χ1n) is 9.35. The molecule has 0 radical (unpaired) electrons. The second kappa shape index (κ2) is 9.86. The van der Waals surface area contributed by atoms with E-state index < -0.39 is 22.0 Å². The van der Waals surface area contributed by atoms with Gasteiger partial charge in [0.15, 0.2) is 11.5 Å². The molecule has 0 fully saturated rings. The Labute approximate surface area is 194 Å². The van der Waals surface area contributed by atoms with Gasteiger partial charge in [0.05, 0.1) is 41.8 Å². The number of nitrogen functional groups attached to an aromatic ring is 1. The van der Waals surface area contributed by atoms with Crippen molar-refractivity contribution in [3.63, 3.8) is 0 Å². The van der Waals surface area contributed by atoms with Crippen LogP contribution in [0, 0.1) is 0 Å². The Morgan fingerprint density at radius 1 is 1.28 bits per heavy atom. The maximum Gasteiger partial charge on any atom is 0.250 e. The van der Waals surface area contributed by atoms with E-state index in [9.17, 15) is 13.2 Å². The van der Waals surface area contributed by atoms with E-state index >= 15 is 0 Å². The number of hydrogen-bond acceptors (Lipinski definition) is 9. The van der Waals surface area contributed by atoms with E-state index in [0.717, 1.165) is 6.26 Å². The molecule has 172 valence electrons. The fourth-order valence-corrected chi connectivity index (χ4v) is 3.83. The lowest BCUT2D eigenvalue weighted by Gasteiger charge is -2.16. The summed E-state index contributed by atoms with van der Waals surface area (Å²) in [5.41, 5.74) is 13.2. The molecule has 0 aliphatic carbocycles. The molecule has 0 aliphatic rings. The number of aromatic nitrogens is 4. The average molecular weight is 502 g/mol. The number of carbonyl (C=O) groups is 1. The smallest absolute Gasteiger partial charge is 0.250 e. The lowest BCUT2D eigenvalue weighted by Crippen LogP contribution is -2.43. The average Bonchev–Trinajstić information content (AvgIpc) is 3.13. The van der Waals surface area contributed by atoms with Crippen LogP contribution in [0.25, 0.3) is 11.2 Å². The Balaban J connectivity index is 1.70. The molecular formula is C18H21Cl2N7O4S. The first kappa shape index (κ1) is 24.0. The van der Waals surface area contributed by atoms with E-state index in [-0.39, 0.29) is 25.4 Å². The molecule has 0 aliphatic heterocycles. The summed E-state index contributed by atoms with van der Waals surface area (Å²) >= 11 is 12.6. The van der Waals surface area contributed by atoms with Crippen LogP contribution in [-0.2, 0) is 21.4 Å². The molecular weight excluding hydrogens is 481 g/mol. The summed E-state index contributed by atoms with van der Waals surface area (Å²) in [6.45, 7) is 0.475. The zero-order chi connectivity index (χ0) is 23.5. The topological polar surface area (TPSA) is 168 Å². The summed E-state index contributed by atoms with van der Waals surface area (Å²) in [6.07, 6.45) is 4.42. The zero-order valence-corrected chi connectivity index (χ0v) is 19.3. The summed E-state index contributed by atoms with van der Waals surface area (Å²) < 4.78 is 31.7. The molecule has 3 rings (SSSR count). The lowest BCUT2D eigenvalue weighted by molar-refractivity contribution is -0.120. The van der Waals surface area contributed by atoms with Crippen molar-refractivity contribution in [2.45, 2.75) is 25.4 Å². The molecule has 0 bridgehead atoms. The van der Waals surface area contributed by atoms with Gasteiger partial charge >= 0.3 is 0 Å². The third-order valence-electron chi connectivity index (χ3n) is 4.45. The Kier molecular flexibility index (Phi) is 7.39.